The van der Waals surface area contributed by atoms with Gasteiger partial charge in [0.1, 0.15) is 0 Å². The van der Waals surface area contributed by atoms with E-state index in [-0.39, 0.29) is 0 Å². The van der Waals surface area contributed by atoms with Gasteiger partial charge in [-0.05, 0) is 110 Å². The lowest BCUT2D eigenvalue weighted by atomic mass is 9.38. The van der Waals surface area contributed by atoms with Gasteiger partial charge >= 0.3 is 5.97 Å². The maximum Gasteiger partial charge on any atom is 0.303 e. The molecule has 0 bridgehead atoms. The molecule has 0 aromatic carbocycles. The summed E-state index contributed by atoms with van der Waals surface area (Å²) in [5.74, 6) is 4.25. The van der Waals surface area contributed by atoms with Crippen molar-refractivity contribution in [1.82, 2.24) is 0 Å². The van der Waals surface area contributed by atoms with E-state index in [1.54, 1.807) is 0 Å². The van der Waals surface area contributed by atoms with Crippen molar-refractivity contribution < 1.29 is 9.90 Å². The molecule has 4 aliphatic rings. The Morgan fingerprint density at radius 2 is 1.58 bits per heavy atom. The minimum Gasteiger partial charge on any atom is -0.481 e. The molecule has 0 aromatic heterocycles. The van der Waals surface area contributed by atoms with Crippen LogP contribution in [-0.4, -0.2) is 11.1 Å². The first kappa shape index (κ1) is 25.1. The van der Waals surface area contributed by atoms with Crippen LogP contribution in [0.5, 0.6) is 0 Å². The highest BCUT2D eigenvalue weighted by molar-refractivity contribution is 5.66. The summed E-state index contributed by atoms with van der Waals surface area (Å²) in [5, 5.41) is 9.16. The fourth-order valence-electron chi connectivity index (χ4n) is 10.1. The monoisotopic (exact) mass is 432 g/mol. The van der Waals surface area contributed by atoms with E-state index in [0.29, 0.717) is 28.6 Å². The molecule has 4 aliphatic carbocycles. The quantitative estimate of drug-likeness (QED) is 0.472. The molecule has 0 saturated heterocycles. The zero-order chi connectivity index (χ0) is 23.0. The highest BCUT2D eigenvalue weighted by Crippen LogP contribution is 2.72. The van der Waals surface area contributed by atoms with Crippen LogP contribution < -0.4 is 0 Å². The van der Waals surface area contributed by atoms with Crippen molar-refractivity contribution in [2.75, 3.05) is 0 Å². The molecular formula is C29H52O2. The van der Waals surface area contributed by atoms with Crippen molar-refractivity contribution in [3.8, 4) is 0 Å². The number of carboxylic acids is 1. The number of carbonyl (C=O) groups is 1. The van der Waals surface area contributed by atoms with Gasteiger partial charge in [-0.2, -0.15) is 0 Å². The molecule has 0 aliphatic heterocycles. The van der Waals surface area contributed by atoms with Crippen molar-refractivity contribution in [1.29, 1.82) is 0 Å². The number of fused-ring (bicyclic) bond motifs is 5. The molecule has 31 heavy (non-hydrogen) atoms. The molecule has 8 atom stereocenters. The van der Waals surface area contributed by atoms with E-state index >= 15 is 0 Å². The second kappa shape index (κ2) is 9.38. The lowest BCUT2D eigenvalue weighted by molar-refractivity contribution is -0.179. The van der Waals surface area contributed by atoms with Crippen molar-refractivity contribution in [2.45, 2.75) is 126 Å². The van der Waals surface area contributed by atoms with Gasteiger partial charge < -0.3 is 5.11 Å². The third-order valence-corrected chi connectivity index (χ3v) is 11.6. The molecule has 0 spiro atoms. The van der Waals surface area contributed by atoms with E-state index in [2.05, 4.69) is 34.6 Å². The molecule has 1 N–H and O–H groups in total. The SMILES string of the molecule is CC.CC(C)C12CCCCC1(C)C1CCC3(C)C(CCC3[C@H](C)CCC(=O)O)C1CC2. The van der Waals surface area contributed by atoms with Gasteiger partial charge in [-0.15, -0.1) is 0 Å². The number of rotatable bonds is 5. The van der Waals surface area contributed by atoms with Crippen LogP contribution in [0.2, 0.25) is 0 Å². The summed E-state index contributed by atoms with van der Waals surface area (Å²) in [6.45, 7) is 16.7. The van der Waals surface area contributed by atoms with Gasteiger partial charge in [-0.1, -0.05) is 61.3 Å². The summed E-state index contributed by atoms with van der Waals surface area (Å²) >= 11 is 0. The molecular weight excluding hydrogens is 380 g/mol. The normalized spacial score (nSPS) is 45.0. The van der Waals surface area contributed by atoms with Crippen molar-refractivity contribution in [3.05, 3.63) is 0 Å². The highest BCUT2D eigenvalue weighted by atomic mass is 16.4. The van der Waals surface area contributed by atoms with Gasteiger partial charge in [0.2, 0.25) is 0 Å². The van der Waals surface area contributed by atoms with Crippen LogP contribution >= 0.6 is 0 Å². The number of hydrogen-bond acceptors (Lipinski definition) is 1. The fourth-order valence-corrected chi connectivity index (χ4v) is 10.1. The van der Waals surface area contributed by atoms with E-state index in [9.17, 15) is 4.79 Å². The first-order valence-corrected chi connectivity index (χ1v) is 13.9. The van der Waals surface area contributed by atoms with Gasteiger partial charge in [0.25, 0.3) is 0 Å². The number of aliphatic carboxylic acids is 1. The third kappa shape index (κ3) is 3.90. The molecule has 0 aromatic rings. The van der Waals surface area contributed by atoms with E-state index < -0.39 is 5.97 Å². The van der Waals surface area contributed by atoms with Crippen LogP contribution in [0.4, 0.5) is 0 Å². The molecule has 4 fully saturated rings. The van der Waals surface area contributed by atoms with Crippen molar-refractivity contribution in [2.24, 2.45) is 51.8 Å². The van der Waals surface area contributed by atoms with Crippen molar-refractivity contribution in [3.63, 3.8) is 0 Å². The second-order valence-corrected chi connectivity index (χ2v) is 12.5. The van der Waals surface area contributed by atoms with Gasteiger partial charge in [0, 0.05) is 6.42 Å². The summed E-state index contributed by atoms with van der Waals surface area (Å²) < 4.78 is 0. The Balaban J connectivity index is 0.00000132. The van der Waals surface area contributed by atoms with Crippen LogP contribution in [0.1, 0.15) is 126 Å². The molecule has 0 amide bonds. The smallest absolute Gasteiger partial charge is 0.303 e. The fraction of sp³-hybridized carbons (Fsp3) is 0.966. The maximum atomic E-state index is 11.1. The predicted octanol–water partition coefficient (Wildman–Crippen LogP) is 8.59. The van der Waals surface area contributed by atoms with Gasteiger partial charge in [0.05, 0.1) is 0 Å². The summed E-state index contributed by atoms with van der Waals surface area (Å²) in [6, 6.07) is 0. The summed E-state index contributed by atoms with van der Waals surface area (Å²) in [6.07, 6.45) is 15.6. The lowest BCUT2D eigenvalue weighted by Gasteiger charge is -2.67. The molecule has 4 saturated carbocycles. The molecule has 0 radical (unpaired) electrons. The standard InChI is InChI=1S/C27H46O2.C2H6/c1-18(2)27-15-7-6-14-26(27,5)23-13-16-25(4)21(19(3)8-11-24(28)29)9-10-22(25)20(23)12-17-27;1-2/h18-23H,6-17H2,1-5H3,(H,28,29);1-2H3/t19-,20?,21?,22?,23?,25?,26?,27?;/m1./s1. The second-order valence-electron chi connectivity index (χ2n) is 12.5. The first-order chi connectivity index (χ1) is 14.7. The van der Waals surface area contributed by atoms with Gasteiger partial charge in [-0.3, -0.25) is 4.79 Å². The number of carboxylic acid groups (broad SMARTS) is 1. The summed E-state index contributed by atoms with van der Waals surface area (Å²) in [7, 11) is 0. The van der Waals surface area contributed by atoms with Crippen LogP contribution in [0.15, 0.2) is 0 Å². The average molecular weight is 433 g/mol. The minimum absolute atomic E-state index is 0.347. The Morgan fingerprint density at radius 1 is 0.903 bits per heavy atom. The molecule has 2 heteroatoms. The largest absolute Gasteiger partial charge is 0.481 e. The summed E-state index contributed by atoms with van der Waals surface area (Å²) in [5.41, 5.74) is 1.60. The minimum atomic E-state index is -0.622. The number of hydrogen-bond donors (Lipinski definition) is 1. The first-order valence-electron chi connectivity index (χ1n) is 13.9. The molecule has 4 rings (SSSR count). The topological polar surface area (TPSA) is 37.3 Å². The Hall–Kier alpha value is -0.530. The van der Waals surface area contributed by atoms with Crippen LogP contribution in [0.25, 0.3) is 0 Å². The zero-order valence-electron chi connectivity index (χ0n) is 21.8. The van der Waals surface area contributed by atoms with Crippen molar-refractivity contribution >= 4 is 5.97 Å². The Bertz CT molecular complexity index is 626. The Kier molecular flexibility index (Phi) is 7.59. The van der Waals surface area contributed by atoms with E-state index in [1.165, 1.54) is 64.2 Å². The Labute approximate surface area is 193 Å². The van der Waals surface area contributed by atoms with Crippen LogP contribution in [0.3, 0.4) is 0 Å². The zero-order valence-corrected chi connectivity index (χ0v) is 21.8. The molecule has 0 heterocycles. The van der Waals surface area contributed by atoms with Gasteiger partial charge in [-0.25, -0.2) is 0 Å². The molecule has 2 nitrogen and oxygen atoms in total. The van der Waals surface area contributed by atoms with Gasteiger partial charge in [0.15, 0.2) is 0 Å². The molecule has 7 unspecified atom stereocenters. The van der Waals surface area contributed by atoms with Crippen LogP contribution in [0, 0.1) is 51.8 Å². The van der Waals surface area contributed by atoms with E-state index in [4.69, 9.17) is 5.11 Å². The Morgan fingerprint density at radius 3 is 2.23 bits per heavy atom. The van der Waals surface area contributed by atoms with Crippen LogP contribution in [-0.2, 0) is 4.79 Å². The average Bonchev–Trinajstić information content (AvgIpc) is 3.10. The predicted molar refractivity (Wildman–Crippen MR) is 131 cm³/mol. The van der Waals surface area contributed by atoms with E-state index in [1.807, 2.05) is 13.8 Å². The van der Waals surface area contributed by atoms with E-state index in [0.717, 1.165) is 36.0 Å². The highest BCUT2D eigenvalue weighted by Gasteiger charge is 2.64. The summed E-state index contributed by atoms with van der Waals surface area (Å²) in [4.78, 5) is 11.1. The maximum absolute atomic E-state index is 11.1. The molecule has 180 valence electrons. The third-order valence-electron chi connectivity index (χ3n) is 11.6. The lowest BCUT2D eigenvalue weighted by Crippen LogP contribution is -2.59.